The molecule has 6 heteroatoms. The number of carbonyl (C=O) groups excluding carboxylic acids is 2. The van der Waals surface area contributed by atoms with Gasteiger partial charge in [-0.1, -0.05) is 57.1 Å². The monoisotopic (exact) mass is 475 g/mol. The summed E-state index contributed by atoms with van der Waals surface area (Å²) in [5.74, 6) is 0.355. The van der Waals surface area contributed by atoms with Crippen LogP contribution in [0.15, 0.2) is 36.0 Å². The fourth-order valence-corrected chi connectivity index (χ4v) is 4.56. The Morgan fingerprint density at radius 3 is 2.76 bits per heavy atom. The van der Waals surface area contributed by atoms with Gasteiger partial charge in [0, 0.05) is 19.3 Å². The van der Waals surface area contributed by atoms with Crippen LogP contribution in [0.1, 0.15) is 86.0 Å². The lowest BCUT2D eigenvalue weighted by molar-refractivity contribution is -0.144. The van der Waals surface area contributed by atoms with Crippen molar-refractivity contribution in [1.82, 2.24) is 5.32 Å². The largest absolute Gasteiger partial charge is 0.458 e. The quantitative estimate of drug-likeness (QED) is 0.212. The number of hydrogen-bond donors (Lipinski definition) is 2. The molecule has 1 fully saturated rings. The summed E-state index contributed by atoms with van der Waals surface area (Å²) in [6.07, 6.45) is 16.5. The lowest BCUT2D eigenvalue weighted by Crippen LogP contribution is -2.35. The van der Waals surface area contributed by atoms with Gasteiger partial charge in [0.25, 0.3) is 0 Å². The number of allylic oxidation sites excluding steroid dienone is 3. The van der Waals surface area contributed by atoms with Gasteiger partial charge in [-0.2, -0.15) is 0 Å². The number of amides is 1. The predicted molar refractivity (Wildman–Crippen MR) is 135 cm³/mol. The fraction of sp³-hybridized carbons (Fsp3) is 0.714. The molecule has 0 aromatic heterocycles. The van der Waals surface area contributed by atoms with Crippen LogP contribution in [-0.4, -0.2) is 47.4 Å². The number of carbonyl (C=O) groups is 2. The zero-order valence-electron chi connectivity index (χ0n) is 21.7. The van der Waals surface area contributed by atoms with Gasteiger partial charge in [0.2, 0.25) is 5.91 Å². The molecule has 34 heavy (non-hydrogen) atoms. The number of aliphatic hydroxyl groups excluding tert-OH is 1. The van der Waals surface area contributed by atoms with Crippen molar-refractivity contribution in [3.05, 3.63) is 36.0 Å². The second-order valence-electron chi connectivity index (χ2n) is 10.0. The van der Waals surface area contributed by atoms with Crippen LogP contribution in [0.2, 0.25) is 0 Å². The number of aliphatic hydroxyl groups is 1. The first-order valence-electron chi connectivity index (χ1n) is 13.0. The standard InChI is InChI=1S/C28H45NO5/c1-6-25(31)21(4)28-26(34-28)18-19(2)12-10-13-20(3)24-16-11-15-23(33-22(5)30)14-8-7-9-17-27(32)29-24/h10-13,15,19,21,23-26,28,31H,6-9,14,16-18H2,1-5H3,(H,29,32)/b12-10+,15-11+,20-13+. The molecule has 0 spiro atoms. The lowest BCUT2D eigenvalue weighted by Gasteiger charge is -2.20. The van der Waals surface area contributed by atoms with E-state index in [2.05, 4.69) is 37.4 Å². The van der Waals surface area contributed by atoms with Gasteiger partial charge in [-0.3, -0.25) is 9.59 Å². The number of nitrogens with one attached hydrogen (secondary N) is 1. The molecule has 7 unspecified atom stereocenters. The van der Waals surface area contributed by atoms with Crippen LogP contribution >= 0.6 is 0 Å². The van der Waals surface area contributed by atoms with Crippen molar-refractivity contribution < 1.29 is 24.2 Å². The van der Waals surface area contributed by atoms with Gasteiger partial charge < -0.3 is 19.9 Å². The number of epoxide rings is 1. The van der Waals surface area contributed by atoms with Crippen LogP contribution in [0.25, 0.3) is 0 Å². The van der Waals surface area contributed by atoms with Crippen LogP contribution in [0.4, 0.5) is 0 Å². The van der Waals surface area contributed by atoms with E-state index < -0.39 is 0 Å². The van der Waals surface area contributed by atoms with E-state index in [1.54, 1.807) is 0 Å². The van der Waals surface area contributed by atoms with Gasteiger partial charge in [-0.25, -0.2) is 0 Å². The lowest BCUT2D eigenvalue weighted by atomic mass is 9.93. The molecule has 2 heterocycles. The molecule has 192 valence electrons. The van der Waals surface area contributed by atoms with E-state index in [1.165, 1.54) is 6.92 Å². The van der Waals surface area contributed by atoms with E-state index in [9.17, 15) is 14.7 Å². The topological polar surface area (TPSA) is 88.2 Å². The molecule has 2 aliphatic rings. The summed E-state index contributed by atoms with van der Waals surface area (Å²) in [7, 11) is 0. The molecule has 1 amide bonds. The average molecular weight is 476 g/mol. The van der Waals surface area contributed by atoms with Crippen LogP contribution in [0.3, 0.4) is 0 Å². The minimum atomic E-state index is -0.300. The summed E-state index contributed by atoms with van der Waals surface area (Å²) in [4.78, 5) is 23.8. The molecular weight excluding hydrogens is 430 g/mol. The maximum absolute atomic E-state index is 12.4. The van der Waals surface area contributed by atoms with E-state index in [0.717, 1.165) is 44.1 Å². The second-order valence-corrected chi connectivity index (χ2v) is 10.0. The first kappa shape index (κ1) is 28.3. The summed E-state index contributed by atoms with van der Waals surface area (Å²) in [6, 6.07) is -0.0892. The molecule has 2 N–H and O–H groups in total. The summed E-state index contributed by atoms with van der Waals surface area (Å²) in [6.45, 7) is 9.71. The Labute approximate surface area is 205 Å². The highest BCUT2D eigenvalue weighted by Gasteiger charge is 2.44. The number of hydrogen-bond acceptors (Lipinski definition) is 5. The maximum atomic E-state index is 12.4. The zero-order chi connectivity index (χ0) is 25.1. The highest BCUT2D eigenvalue weighted by Crippen LogP contribution is 2.36. The Bertz CT molecular complexity index is 743. The van der Waals surface area contributed by atoms with Crippen molar-refractivity contribution in [3.8, 4) is 0 Å². The molecule has 2 rings (SSSR count). The van der Waals surface area contributed by atoms with Gasteiger partial charge >= 0.3 is 5.97 Å². The van der Waals surface area contributed by atoms with Crippen molar-refractivity contribution in [3.63, 3.8) is 0 Å². The molecular formula is C28H45NO5. The minimum absolute atomic E-state index is 0.0842. The predicted octanol–water partition coefficient (Wildman–Crippen LogP) is 5.02. The average Bonchev–Trinajstić information content (AvgIpc) is 3.54. The molecule has 0 radical (unpaired) electrons. The van der Waals surface area contributed by atoms with Gasteiger partial charge in [0.1, 0.15) is 6.10 Å². The Kier molecular flexibility index (Phi) is 12.1. The first-order valence-corrected chi connectivity index (χ1v) is 13.0. The fourth-order valence-electron chi connectivity index (χ4n) is 4.56. The Morgan fingerprint density at radius 2 is 2.06 bits per heavy atom. The zero-order valence-corrected chi connectivity index (χ0v) is 21.7. The van der Waals surface area contributed by atoms with E-state index in [1.807, 2.05) is 26.0 Å². The van der Waals surface area contributed by atoms with Crippen LogP contribution in [0, 0.1) is 11.8 Å². The third kappa shape index (κ3) is 10.1. The summed E-state index contributed by atoms with van der Waals surface area (Å²) < 4.78 is 11.2. The van der Waals surface area contributed by atoms with Gasteiger partial charge in [-0.05, 0) is 57.4 Å². The minimum Gasteiger partial charge on any atom is -0.458 e. The molecule has 0 aromatic carbocycles. The van der Waals surface area contributed by atoms with Crippen LogP contribution < -0.4 is 5.32 Å². The Hall–Kier alpha value is -1.92. The molecule has 1 saturated heterocycles. The highest BCUT2D eigenvalue weighted by molar-refractivity contribution is 5.76. The maximum Gasteiger partial charge on any atom is 0.303 e. The summed E-state index contributed by atoms with van der Waals surface area (Å²) in [5.41, 5.74) is 1.09. The third-order valence-corrected chi connectivity index (χ3v) is 6.89. The van der Waals surface area contributed by atoms with Crippen LogP contribution in [-0.2, 0) is 19.1 Å². The highest BCUT2D eigenvalue weighted by atomic mass is 16.6. The van der Waals surface area contributed by atoms with Crippen molar-refractivity contribution in [1.29, 1.82) is 0 Å². The van der Waals surface area contributed by atoms with E-state index in [4.69, 9.17) is 9.47 Å². The molecule has 2 aliphatic heterocycles. The molecule has 0 bridgehead atoms. The van der Waals surface area contributed by atoms with E-state index in [0.29, 0.717) is 18.8 Å². The first-order chi connectivity index (χ1) is 16.2. The Morgan fingerprint density at radius 1 is 1.29 bits per heavy atom. The molecule has 0 aromatic rings. The van der Waals surface area contributed by atoms with E-state index >= 15 is 0 Å². The molecule has 7 atom stereocenters. The summed E-state index contributed by atoms with van der Waals surface area (Å²) in [5, 5.41) is 13.2. The van der Waals surface area contributed by atoms with Crippen molar-refractivity contribution >= 4 is 11.9 Å². The van der Waals surface area contributed by atoms with Crippen LogP contribution in [0.5, 0.6) is 0 Å². The smallest absolute Gasteiger partial charge is 0.303 e. The summed E-state index contributed by atoms with van der Waals surface area (Å²) >= 11 is 0. The number of rotatable bonds is 9. The van der Waals surface area contributed by atoms with Gasteiger partial charge in [0.05, 0.1) is 24.4 Å². The second kappa shape index (κ2) is 14.5. The molecule has 0 aliphatic carbocycles. The Balaban J connectivity index is 1.93. The number of esters is 1. The van der Waals surface area contributed by atoms with Gasteiger partial charge in [-0.15, -0.1) is 0 Å². The SMILES string of the molecule is CCC(O)C(C)C1OC1CC(C)/C=C/C=C(\C)C1C/C=C/C(OC(C)=O)CCCCCC(=O)N1. The van der Waals surface area contributed by atoms with Crippen molar-refractivity contribution in [2.75, 3.05) is 0 Å². The molecule has 6 nitrogen and oxygen atoms in total. The van der Waals surface area contributed by atoms with Crippen molar-refractivity contribution in [2.24, 2.45) is 11.8 Å². The van der Waals surface area contributed by atoms with E-state index in [-0.39, 0.29) is 48.3 Å². The molecule has 0 saturated carbocycles. The normalized spacial score (nSPS) is 30.4. The number of ether oxygens (including phenoxy) is 2. The van der Waals surface area contributed by atoms with Crippen molar-refractivity contribution in [2.45, 2.75) is 116 Å². The third-order valence-electron chi connectivity index (χ3n) is 6.89. The van der Waals surface area contributed by atoms with Gasteiger partial charge in [0.15, 0.2) is 0 Å².